The molecule has 1 saturated carbocycles. The molecule has 2 atom stereocenters. The van der Waals surface area contributed by atoms with Crippen LogP contribution in [-0.2, 0) is 11.3 Å². The number of benzene rings is 1. The summed E-state index contributed by atoms with van der Waals surface area (Å²) in [6.45, 7) is 4.64. The SMILES string of the molecule is COc1ccc(C(=O)N[C@@H]2CCC[C@@H]2C(=O)NCc2ccc(C)c(C)c2)cn1. The van der Waals surface area contributed by atoms with Crippen LogP contribution in [0.2, 0.25) is 0 Å². The summed E-state index contributed by atoms with van der Waals surface area (Å²) < 4.78 is 5.01. The number of amides is 2. The maximum absolute atomic E-state index is 12.7. The Bertz CT molecular complexity index is 849. The summed E-state index contributed by atoms with van der Waals surface area (Å²) >= 11 is 0. The quantitative estimate of drug-likeness (QED) is 0.806. The van der Waals surface area contributed by atoms with Gasteiger partial charge in [0.2, 0.25) is 11.8 Å². The van der Waals surface area contributed by atoms with E-state index >= 15 is 0 Å². The van der Waals surface area contributed by atoms with E-state index in [4.69, 9.17) is 4.74 Å². The van der Waals surface area contributed by atoms with Crippen LogP contribution in [0.1, 0.15) is 46.3 Å². The van der Waals surface area contributed by atoms with Gasteiger partial charge in [-0.3, -0.25) is 9.59 Å². The fourth-order valence-corrected chi connectivity index (χ4v) is 3.57. The lowest BCUT2D eigenvalue weighted by Gasteiger charge is -2.20. The monoisotopic (exact) mass is 381 g/mol. The fourth-order valence-electron chi connectivity index (χ4n) is 3.57. The Morgan fingerprint density at radius 3 is 2.64 bits per heavy atom. The molecule has 28 heavy (non-hydrogen) atoms. The van der Waals surface area contributed by atoms with Gasteiger partial charge in [0.05, 0.1) is 18.6 Å². The molecule has 0 aliphatic heterocycles. The minimum Gasteiger partial charge on any atom is -0.481 e. The van der Waals surface area contributed by atoms with Gasteiger partial charge in [-0.2, -0.15) is 0 Å². The van der Waals surface area contributed by atoms with Gasteiger partial charge >= 0.3 is 0 Å². The van der Waals surface area contributed by atoms with E-state index in [0.29, 0.717) is 18.0 Å². The van der Waals surface area contributed by atoms with Crippen molar-refractivity contribution in [1.82, 2.24) is 15.6 Å². The van der Waals surface area contributed by atoms with Crippen molar-refractivity contribution < 1.29 is 14.3 Å². The third kappa shape index (κ3) is 4.68. The summed E-state index contributed by atoms with van der Waals surface area (Å²) in [6.07, 6.45) is 3.99. The molecule has 1 aromatic carbocycles. The zero-order chi connectivity index (χ0) is 20.1. The Hall–Kier alpha value is -2.89. The van der Waals surface area contributed by atoms with Gasteiger partial charge in [-0.15, -0.1) is 0 Å². The summed E-state index contributed by atoms with van der Waals surface area (Å²) in [5, 5.41) is 6.02. The number of rotatable bonds is 6. The van der Waals surface area contributed by atoms with Crippen LogP contribution >= 0.6 is 0 Å². The average Bonchev–Trinajstić information content (AvgIpc) is 3.17. The summed E-state index contributed by atoms with van der Waals surface area (Å²) in [5.74, 6) is 0.0330. The molecule has 1 aromatic heterocycles. The van der Waals surface area contributed by atoms with Crippen molar-refractivity contribution in [3.05, 3.63) is 58.8 Å². The number of ether oxygens (including phenoxy) is 1. The first kappa shape index (κ1) is 19.9. The highest BCUT2D eigenvalue weighted by molar-refractivity contribution is 5.94. The second kappa shape index (κ2) is 8.87. The molecular formula is C22H27N3O3. The molecule has 1 fully saturated rings. The maximum atomic E-state index is 12.7. The smallest absolute Gasteiger partial charge is 0.253 e. The van der Waals surface area contributed by atoms with Crippen LogP contribution in [0.3, 0.4) is 0 Å². The molecule has 1 heterocycles. The van der Waals surface area contributed by atoms with Crippen LogP contribution in [0.25, 0.3) is 0 Å². The minimum absolute atomic E-state index is 0.00566. The van der Waals surface area contributed by atoms with Gasteiger partial charge in [0.25, 0.3) is 5.91 Å². The lowest BCUT2D eigenvalue weighted by Crippen LogP contribution is -2.43. The molecule has 148 valence electrons. The standard InChI is InChI=1S/C22H27N3O3/c1-14-7-8-16(11-15(14)2)12-24-22(27)18-5-4-6-19(18)25-21(26)17-9-10-20(28-3)23-13-17/h7-11,13,18-19H,4-6,12H2,1-3H3,(H,24,27)(H,25,26)/t18-,19+/m0/s1. The molecule has 1 aliphatic rings. The molecule has 2 amide bonds. The number of methoxy groups -OCH3 is 1. The predicted octanol–water partition coefficient (Wildman–Crippen LogP) is 2.92. The molecule has 1 aliphatic carbocycles. The van der Waals surface area contributed by atoms with Gasteiger partial charge in [0, 0.05) is 24.8 Å². The van der Waals surface area contributed by atoms with Crippen LogP contribution in [0.4, 0.5) is 0 Å². The zero-order valence-electron chi connectivity index (χ0n) is 16.6. The third-order valence-electron chi connectivity index (χ3n) is 5.41. The first-order valence-electron chi connectivity index (χ1n) is 9.62. The van der Waals surface area contributed by atoms with Crippen molar-refractivity contribution in [3.63, 3.8) is 0 Å². The Kier molecular flexibility index (Phi) is 6.29. The third-order valence-corrected chi connectivity index (χ3v) is 5.41. The molecule has 0 saturated heterocycles. The van der Waals surface area contributed by atoms with E-state index < -0.39 is 0 Å². The van der Waals surface area contributed by atoms with E-state index in [0.717, 1.165) is 24.8 Å². The number of aromatic nitrogens is 1. The van der Waals surface area contributed by atoms with E-state index in [1.54, 1.807) is 12.1 Å². The molecule has 2 N–H and O–H groups in total. The number of hydrogen-bond acceptors (Lipinski definition) is 4. The first-order valence-corrected chi connectivity index (χ1v) is 9.62. The van der Waals surface area contributed by atoms with Gasteiger partial charge < -0.3 is 15.4 Å². The summed E-state index contributed by atoms with van der Waals surface area (Å²) in [7, 11) is 1.53. The molecule has 0 unspecified atom stereocenters. The van der Waals surface area contributed by atoms with E-state index in [-0.39, 0.29) is 23.8 Å². The fraction of sp³-hybridized carbons (Fsp3) is 0.409. The highest BCUT2D eigenvalue weighted by atomic mass is 16.5. The second-order valence-electron chi connectivity index (χ2n) is 7.34. The van der Waals surface area contributed by atoms with E-state index in [9.17, 15) is 9.59 Å². The summed E-state index contributed by atoms with van der Waals surface area (Å²) in [4.78, 5) is 29.2. The molecule has 3 rings (SSSR count). The number of carbonyl (C=O) groups excluding carboxylic acids is 2. The minimum atomic E-state index is -0.214. The average molecular weight is 381 g/mol. The number of pyridine rings is 1. The van der Waals surface area contributed by atoms with Crippen LogP contribution in [0.15, 0.2) is 36.5 Å². The molecule has 0 bridgehead atoms. The van der Waals surface area contributed by atoms with Gasteiger partial charge in [-0.25, -0.2) is 4.98 Å². The van der Waals surface area contributed by atoms with Gasteiger partial charge in [0.15, 0.2) is 0 Å². The Morgan fingerprint density at radius 1 is 1.14 bits per heavy atom. The van der Waals surface area contributed by atoms with E-state index in [1.165, 1.54) is 24.4 Å². The molecule has 0 radical (unpaired) electrons. The molecule has 0 spiro atoms. The van der Waals surface area contributed by atoms with Crippen LogP contribution < -0.4 is 15.4 Å². The van der Waals surface area contributed by atoms with E-state index in [1.807, 2.05) is 6.07 Å². The highest BCUT2D eigenvalue weighted by Gasteiger charge is 2.34. The number of aryl methyl sites for hydroxylation is 2. The lowest BCUT2D eigenvalue weighted by atomic mass is 10.0. The van der Waals surface area contributed by atoms with Crippen molar-refractivity contribution in [2.75, 3.05) is 7.11 Å². The van der Waals surface area contributed by atoms with Gasteiger partial charge in [-0.1, -0.05) is 24.6 Å². The number of nitrogens with one attached hydrogen (secondary N) is 2. The van der Waals surface area contributed by atoms with Gasteiger partial charge in [0.1, 0.15) is 0 Å². The van der Waals surface area contributed by atoms with Crippen LogP contribution in [-0.4, -0.2) is 29.9 Å². The van der Waals surface area contributed by atoms with Crippen LogP contribution in [0.5, 0.6) is 5.88 Å². The van der Waals surface area contributed by atoms with Gasteiger partial charge in [-0.05, 0) is 49.4 Å². The highest BCUT2D eigenvalue weighted by Crippen LogP contribution is 2.26. The number of carbonyl (C=O) groups is 2. The largest absolute Gasteiger partial charge is 0.481 e. The van der Waals surface area contributed by atoms with E-state index in [2.05, 4.69) is 41.6 Å². The van der Waals surface area contributed by atoms with Crippen molar-refractivity contribution in [2.45, 2.75) is 45.7 Å². The second-order valence-corrected chi connectivity index (χ2v) is 7.34. The topological polar surface area (TPSA) is 80.3 Å². The van der Waals surface area contributed by atoms with Crippen molar-refractivity contribution in [2.24, 2.45) is 5.92 Å². The summed E-state index contributed by atoms with van der Waals surface area (Å²) in [6, 6.07) is 9.36. The Balaban J connectivity index is 1.57. The molecule has 6 nitrogen and oxygen atoms in total. The molecule has 6 heteroatoms. The Labute approximate surface area is 165 Å². The van der Waals surface area contributed by atoms with Crippen LogP contribution in [0, 0.1) is 19.8 Å². The molecular weight excluding hydrogens is 354 g/mol. The Morgan fingerprint density at radius 2 is 1.96 bits per heavy atom. The van der Waals surface area contributed by atoms with Crippen molar-refractivity contribution in [3.8, 4) is 5.88 Å². The molecule has 2 aromatic rings. The predicted molar refractivity (Wildman–Crippen MR) is 107 cm³/mol. The van der Waals surface area contributed by atoms with Crippen molar-refractivity contribution >= 4 is 11.8 Å². The first-order chi connectivity index (χ1) is 13.5. The number of hydrogen-bond donors (Lipinski definition) is 2. The maximum Gasteiger partial charge on any atom is 0.253 e. The lowest BCUT2D eigenvalue weighted by molar-refractivity contribution is -0.125. The summed E-state index contributed by atoms with van der Waals surface area (Å²) in [5.41, 5.74) is 3.99. The normalized spacial score (nSPS) is 18.5. The zero-order valence-corrected chi connectivity index (χ0v) is 16.6. The van der Waals surface area contributed by atoms with Crippen molar-refractivity contribution in [1.29, 1.82) is 0 Å². The number of nitrogens with zero attached hydrogens (tertiary/aromatic N) is 1.